The van der Waals surface area contributed by atoms with Crippen molar-refractivity contribution in [3.8, 4) is 0 Å². The molecule has 20 heavy (non-hydrogen) atoms. The van der Waals surface area contributed by atoms with Crippen LogP contribution in [0.4, 0.5) is 5.69 Å². The van der Waals surface area contributed by atoms with Crippen LogP contribution in [0.2, 0.25) is 0 Å². The van der Waals surface area contributed by atoms with Crippen LogP contribution in [-0.4, -0.2) is 15.7 Å². The van der Waals surface area contributed by atoms with Crippen molar-refractivity contribution in [2.75, 3.05) is 5.32 Å². The fourth-order valence-corrected chi connectivity index (χ4v) is 2.08. The van der Waals surface area contributed by atoms with E-state index in [0.29, 0.717) is 0 Å². The van der Waals surface area contributed by atoms with Crippen molar-refractivity contribution in [3.63, 3.8) is 0 Å². The van der Waals surface area contributed by atoms with Crippen molar-refractivity contribution in [1.82, 2.24) is 9.78 Å². The van der Waals surface area contributed by atoms with Crippen LogP contribution >= 0.6 is 0 Å². The first kappa shape index (κ1) is 14.3. The summed E-state index contributed by atoms with van der Waals surface area (Å²) in [5, 5.41) is 7.13. The van der Waals surface area contributed by atoms with E-state index in [1.165, 1.54) is 0 Å². The summed E-state index contributed by atoms with van der Waals surface area (Å²) in [6.07, 6.45) is 0. The third-order valence-corrected chi connectivity index (χ3v) is 3.48. The van der Waals surface area contributed by atoms with Gasteiger partial charge in [0.15, 0.2) is 0 Å². The van der Waals surface area contributed by atoms with Crippen molar-refractivity contribution < 1.29 is 4.79 Å². The second-order valence-electron chi connectivity index (χ2n) is 5.05. The molecule has 0 aliphatic rings. The lowest BCUT2D eigenvalue weighted by Gasteiger charge is -2.13. The Labute approximate surface area is 118 Å². The Morgan fingerprint density at radius 2 is 1.85 bits per heavy atom. The number of carbonyl (C=O) groups excluding carboxylic acids is 1. The zero-order valence-electron chi connectivity index (χ0n) is 12.3. The van der Waals surface area contributed by atoms with Gasteiger partial charge in [0.2, 0.25) is 5.91 Å². The summed E-state index contributed by atoms with van der Waals surface area (Å²) < 4.78 is 1.74. The summed E-state index contributed by atoms with van der Waals surface area (Å²) in [7, 11) is 1.85. The summed E-state index contributed by atoms with van der Waals surface area (Å²) in [5.41, 5.74) is 10.4. The van der Waals surface area contributed by atoms with Gasteiger partial charge in [-0.3, -0.25) is 9.48 Å². The number of aromatic nitrogens is 2. The smallest absolute Gasteiger partial charge is 0.245 e. The Hall–Kier alpha value is -2.14. The fourth-order valence-electron chi connectivity index (χ4n) is 2.08. The van der Waals surface area contributed by atoms with Crippen molar-refractivity contribution >= 4 is 11.6 Å². The van der Waals surface area contributed by atoms with E-state index in [2.05, 4.69) is 10.4 Å². The maximum absolute atomic E-state index is 12.2. The molecule has 0 bridgehead atoms. The van der Waals surface area contributed by atoms with Crippen LogP contribution in [0.5, 0.6) is 0 Å². The Morgan fingerprint density at radius 3 is 2.35 bits per heavy atom. The fraction of sp³-hybridized carbons (Fsp3) is 0.333. The van der Waals surface area contributed by atoms with Gasteiger partial charge in [0.1, 0.15) is 6.04 Å². The minimum atomic E-state index is -0.686. The Kier molecular flexibility index (Phi) is 3.90. The number of nitrogens with one attached hydrogen (secondary N) is 1. The molecule has 0 fully saturated rings. The van der Waals surface area contributed by atoms with Crippen molar-refractivity contribution in [2.24, 2.45) is 12.8 Å². The maximum Gasteiger partial charge on any atom is 0.245 e. The third-order valence-electron chi connectivity index (χ3n) is 3.48. The molecular weight excluding hydrogens is 252 g/mol. The highest BCUT2D eigenvalue weighted by Crippen LogP contribution is 2.20. The number of rotatable bonds is 3. The van der Waals surface area contributed by atoms with Crippen LogP contribution in [-0.2, 0) is 11.8 Å². The molecule has 0 spiro atoms. The van der Waals surface area contributed by atoms with E-state index in [0.717, 1.165) is 28.2 Å². The second-order valence-corrected chi connectivity index (χ2v) is 5.05. The quantitative estimate of drug-likeness (QED) is 0.897. The van der Waals surface area contributed by atoms with Gasteiger partial charge in [-0.15, -0.1) is 0 Å². The van der Waals surface area contributed by atoms with E-state index in [-0.39, 0.29) is 5.91 Å². The molecule has 5 nitrogen and oxygen atoms in total. The lowest BCUT2D eigenvalue weighted by atomic mass is 10.1. The van der Waals surface area contributed by atoms with Gasteiger partial charge in [0.25, 0.3) is 0 Å². The molecule has 1 unspecified atom stereocenters. The highest BCUT2D eigenvalue weighted by Gasteiger charge is 2.19. The SMILES string of the molecule is Cc1ccc(C(N)C(=O)Nc2c(C)nn(C)c2C)cc1. The molecule has 0 radical (unpaired) electrons. The van der Waals surface area contributed by atoms with Gasteiger partial charge >= 0.3 is 0 Å². The van der Waals surface area contributed by atoms with Crippen LogP contribution in [0.3, 0.4) is 0 Å². The summed E-state index contributed by atoms with van der Waals surface area (Å²) in [6, 6.07) is 6.96. The van der Waals surface area contributed by atoms with E-state index < -0.39 is 6.04 Å². The maximum atomic E-state index is 12.2. The predicted molar refractivity (Wildman–Crippen MR) is 79.4 cm³/mol. The normalized spacial score (nSPS) is 12.2. The first-order chi connectivity index (χ1) is 9.40. The van der Waals surface area contributed by atoms with Crippen LogP contribution < -0.4 is 11.1 Å². The largest absolute Gasteiger partial charge is 0.321 e. The zero-order valence-corrected chi connectivity index (χ0v) is 12.3. The number of carbonyl (C=O) groups is 1. The molecule has 1 aromatic heterocycles. The summed E-state index contributed by atoms with van der Waals surface area (Å²) in [5.74, 6) is -0.229. The summed E-state index contributed by atoms with van der Waals surface area (Å²) >= 11 is 0. The number of hydrogen-bond donors (Lipinski definition) is 2. The van der Waals surface area contributed by atoms with E-state index in [9.17, 15) is 4.79 Å². The van der Waals surface area contributed by atoms with Crippen LogP contribution in [0.25, 0.3) is 0 Å². The van der Waals surface area contributed by atoms with Gasteiger partial charge in [-0.05, 0) is 26.3 Å². The van der Waals surface area contributed by atoms with Crippen molar-refractivity contribution in [3.05, 3.63) is 46.8 Å². The number of amides is 1. The zero-order chi connectivity index (χ0) is 14.9. The molecule has 0 aliphatic heterocycles. The standard InChI is InChI=1S/C15H20N4O/c1-9-5-7-12(8-6-9)13(16)15(20)17-14-10(2)18-19(4)11(14)3/h5-8,13H,16H2,1-4H3,(H,17,20). The van der Waals surface area contributed by atoms with Gasteiger partial charge in [-0.25, -0.2) is 0 Å². The highest BCUT2D eigenvalue weighted by atomic mass is 16.2. The monoisotopic (exact) mass is 272 g/mol. The number of benzene rings is 1. The van der Waals surface area contributed by atoms with Gasteiger partial charge in [0.05, 0.1) is 17.1 Å². The van der Waals surface area contributed by atoms with E-state index in [4.69, 9.17) is 5.73 Å². The topological polar surface area (TPSA) is 72.9 Å². The number of anilines is 1. The minimum absolute atomic E-state index is 0.229. The molecule has 1 aromatic carbocycles. The molecule has 0 saturated carbocycles. The Morgan fingerprint density at radius 1 is 1.25 bits per heavy atom. The Bertz CT molecular complexity index is 628. The van der Waals surface area contributed by atoms with Gasteiger partial charge in [-0.1, -0.05) is 29.8 Å². The van der Waals surface area contributed by atoms with Crippen LogP contribution in [0, 0.1) is 20.8 Å². The Balaban J connectivity index is 2.17. The second kappa shape index (κ2) is 5.46. The number of hydrogen-bond acceptors (Lipinski definition) is 3. The molecule has 1 amide bonds. The minimum Gasteiger partial charge on any atom is -0.321 e. The third kappa shape index (κ3) is 2.72. The molecule has 2 aromatic rings. The van der Waals surface area contributed by atoms with E-state index in [1.54, 1.807) is 4.68 Å². The first-order valence-corrected chi connectivity index (χ1v) is 6.53. The van der Waals surface area contributed by atoms with Gasteiger partial charge in [0, 0.05) is 7.05 Å². The molecule has 1 atom stereocenters. The average Bonchev–Trinajstić information content (AvgIpc) is 2.65. The van der Waals surface area contributed by atoms with Gasteiger partial charge < -0.3 is 11.1 Å². The van der Waals surface area contributed by atoms with Crippen molar-refractivity contribution in [2.45, 2.75) is 26.8 Å². The molecule has 3 N–H and O–H groups in total. The molecule has 0 aliphatic carbocycles. The molecule has 1 heterocycles. The average molecular weight is 272 g/mol. The first-order valence-electron chi connectivity index (χ1n) is 6.53. The van der Waals surface area contributed by atoms with Crippen LogP contribution in [0.1, 0.15) is 28.6 Å². The lowest BCUT2D eigenvalue weighted by molar-refractivity contribution is -0.117. The van der Waals surface area contributed by atoms with E-state index >= 15 is 0 Å². The molecule has 2 rings (SSSR count). The summed E-state index contributed by atoms with van der Waals surface area (Å²) in [6.45, 7) is 5.77. The number of nitrogens with zero attached hydrogens (tertiary/aromatic N) is 2. The molecule has 5 heteroatoms. The van der Waals surface area contributed by atoms with E-state index in [1.807, 2.05) is 52.1 Å². The molecular formula is C15H20N4O. The molecule has 106 valence electrons. The van der Waals surface area contributed by atoms with Gasteiger partial charge in [-0.2, -0.15) is 5.10 Å². The lowest BCUT2D eigenvalue weighted by Crippen LogP contribution is -2.28. The number of aryl methyl sites for hydroxylation is 3. The predicted octanol–water partition coefficient (Wildman–Crippen LogP) is 1.98. The van der Waals surface area contributed by atoms with Crippen LogP contribution in [0.15, 0.2) is 24.3 Å². The summed E-state index contributed by atoms with van der Waals surface area (Å²) in [4.78, 5) is 12.2. The highest BCUT2D eigenvalue weighted by molar-refractivity contribution is 5.96. The van der Waals surface area contributed by atoms with Crippen molar-refractivity contribution in [1.29, 1.82) is 0 Å². The molecule has 0 saturated heterocycles. The number of nitrogens with two attached hydrogens (primary N) is 1.